The second kappa shape index (κ2) is 8.29. The van der Waals surface area contributed by atoms with Gasteiger partial charge in [0.25, 0.3) is 0 Å². The molecule has 0 atom stereocenters. The van der Waals surface area contributed by atoms with E-state index in [-0.39, 0.29) is 12.8 Å². The Hall–Kier alpha value is -1.32. The Kier molecular flexibility index (Phi) is 7.50. The van der Waals surface area contributed by atoms with Crippen molar-refractivity contribution in [3.8, 4) is 0 Å². The van der Waals surface area contributed by atoms with Crippen LogP contribution >= 0.6 is 0 Å². The number of hydrogen-bond donors (Lipinski definition) is 2. The van der Waals surface area contributed by atoms with Crippen LogP contribution in [0.5, 0.6) is 0 Å². The van der Waals surface area contributed by atoms with Gasteiger partial charge in [0.05, 0.1) is 6.42 Å². The van der Waals surface area contributed by atoms with Crippen LogP contribution in [0, 0.1) is 0 Å². The van der Waals surface area contributed by atoms with Gasteiger partial charge in [-0.1, -0.05) is 18.6 Å². The highest BCUT2D eigenvalue weighted by Crippen LogP contribution is 2.03. The molecule has 0 heterocycles. The van der Waals surface area contributed by atoms with Crippen LogP contribution in [0.25, 0.3) is 0 Å². The van der Waals surface area contributed by atoms with E-state index in [1.807, 2.05) is 6.08 Å². The molecule has 0 aromatic rings. The summed E-state index contributed by atoms with van der Waals surface area (Å²) in [5.41, 5.74) is 0. The van der Waals surface area contributed by atoms with Gasteiger partial charge in [-0.2, -0.15) is 0 Å². The van der Waals surface area contributed by atoms with E-state index in [0.29, 0.717) is 6.42 Å². The topological polar surface area (TPSA) is 74.6 Å². The largest absolute Gasteiger partial charge is 0.481 e. The number of allylic oxidation sites excluding steroid dienone is 1. The molecular weight excluding hydrogens is 184 g/mol. The summed E-state index contributed by atoms with van der Waals surface area (Å²) in [6.07, 6.45) is 7.06. The van der Waals surface area contributed by atoms with E-state index in [9.17, 15) is 9.59 Å². The molecule has 0 unspecified atom stereocenters. The van der Waals surface area contributed by atoms with Gasteiger partial charge in [0.15, 0.2) is 0 Å². The molecule has 0 spiro atoms. The molecule has 80 valence electrons. The maximum absolute atomic E-state index is 10.1. The minimum atomic E-state index is -0.827. The van der Waals surface area contributed by atoms with Gasteiger partial charge in [0.2, 0.25) is 0 Å². The van der Waals surface area contributed by atoms with E-state index in [1.54, 1.807) is 6.08 Å². The van der Waals surface area contributed by atoms with E-state index in [4.69, 9.17) is 10.2 Å². The quantitative estimate of drug-likeness (QED) is 0.464. The molecule has 0 aromatic carbocycles. The number of carboxylic acids is 2. The summed E-state index contributed by atoms with van der Waals surface area (Å²) in [6.45, 7) is 0. The van der Waals surface area contributed by atoms with Crippen LogP contribution in [0.1, 0.15) is 38.5 Å². The lowest BCUT2D eigenvalue weighted by molar-refractivity contribution is -0.137. The van der Waals surface area contributed by atoms with Crippen molar-refractivity contribution in [3.05, 3.63) is 12.2 Å². The highest BCUT2D eigenvalue weighted by molar-refractivity contribution is 5.68. The first-order valence-electron chi connectivity index (χ1n) is 4.71. The molecule has 0 saturated heterocycles. The molecule has 0 aliphatic heterocycles. The van der Waals surface area contributed by atoms with Crippen LogP contribution in [-0.4, -0.2) is 22.2 Å². The van der Waals surface area contributed by atoms with Gasteiger partial charge in [-0.15, -0.1) is 0 Å². The van der Waals surface area contributed by atoms with Crippen molar-refractivity contribution in [1.29, 1.82) is 0 Å². The molecule has 14 heavy (non-hydrogen) atoms. The van der Waals surface area contributed by atoms with Crippen molar-refractivity contribution in [2.45, 2.75) is 38.5 Å². The van der Waals surface area contributed by atoms with Gasteiger partial charge in [-0.05, 0) is 19.3 Å². The van der Waals surface area contributed by atoms with E-state index in [1.165, 1.54) is 0 Å². The maximum Gasteiger partial charge on any atom is 0.307 e. The summed E-state index contributed by atoms with van der Waals surface area (Å²) in [6, 6.07) is 0. The number of rotatable bonds is 8. The van der Waals surface area contributed by atoms with Crippen LogP contribution in [0.15, 0.2) is 12.2 Å². The minimum absolute atomic E-state index is 0.0646. The lowest BCUT2D eigenvalue weighted by atomic mass is 10.1. The van der Waals surface area contributed by atoms with Crippen molar-refractivity contribution >= 4 is 11.9 Å². The molecule has 0 saturated carbocycles. The van der Waals surface area contributed by atoms with Crippen LogP contribution < -0.4 is 0 Å². The SMILES string of the molecule is O=C(O)C/C=C/CCCCCC(=O)O. The molecule has 0 aliphatic carbocycles. The van der Waals surface area contributed by atoms with E-state index in [0.717, 1.165) is 19.3 Å². The molecule has 0 amide bonds. The third kappa shape index (κ3) is 10.7. The molecule has 0 bridgehead atoms. The van der Waals surface area contributed by atoms with Crippen molar-refractivity contribution < 1.29 is 19.8 Å². The first-order chi connectivity index (χ1) is 6.63. The average molecular weight is 200 g/mol. The second-order valence-electron chi connectivity index (χ2n) is 3.06. The summed E-state index contributed by atoms with van der Waals surface area (Å²) >= 11 is 0. The first-order valence-corrected chi connectivity index (χ1v) is 4.71. The van der Waals surface area contributed by atoms with Crippen molar-refractivity contribution in [2.24, 2.45) is 0 Å². The fourth-order valence-electron chi connectivity index (χ4n) is 1.02. The Bertz CT molecular complexity index is 208. The molecule has 0 radical (unpaired) electrons. The standard InChI is InChI=1S/C10H16O4/c11-9(12)7-5-3-1-2-4-6-8-10(13)14/h3,5H,1-2,4,6-8H2,(H,11,12)(H,13,14)/b5-3+. The van der Waals surface area contributed by atoms with Crippen LogP contribution in [0.2, 0.25) is 0 Å². The van der Waals surface area contributed by atoms with Gasteiger partial charge in [-0.25, -0.2) is 0 Å². The lowest BCUT2D eigenvalue weighted by Crippen LogP contribution is -1.93. The lowest BCUT2D eigenvalue weighted by Gasteiger charge is -1.94. The molecular formula is C10H16O4. The summed E-state index contributed by atoms with van der Waals surface area (Å²) < 4.78 is 0. The highest BCUT2D eigenvalue weighted by atomic mass is 16.4. The number of aliphatic carboxylic acids is 2. The second-order valence-corrected chi connectivity index (χ2v) is 3.06. The minimum Gasteiger partial charge on any atom is -0.481 e. The Morgan fingerprint density at radius 1 is 0.929 bits per heavy atom. The molecule has 0 fully saturated rings. The van der Waals surface area contributed by atoms with Gasteiger partial charge >= 0.3 is 11.9 Å². The van der Waals surface area contributed by atoms with E-state index >= 15 is 0 Å². The summed E-state index contributed by atoms with van der Waals surface area (Å²) in [5.74, 6) is -1.58. The number of hydrogen-bond acceptors (Lipinski definition) is 2. The number of carbonyl (C=O) groups is 2. The summed E-state index contributed by atoms with van der Waals surface area (Å²) in [4.78, 5) is 20.2. The molecule has 0 aliphatic rings. The molecule has 2 N–H and O–H groups in total. The van der Waals surface area contributed by atoms with E-state index < -0.39 is 11.9 Å². The van der Waals surface area contributed by atoms with Crippen LogP contribution in [0.4, 0.5) is 0 Å². The monoisotopic (exact) mass is 200 g/mol. The Labute approximate surface area is 83.2 Å². The number of carboxylic acid groups (broad SMARTS) is 2. The van der Waals surface area contributed by atoms with Crippen molar-refractivity contribution in [2.75, 3.05) is 0 Å². The summed E-state index contributed by atoms with van der Waals surface area (Å²) in [5, 5.41) is 16.6. The van der Waals surface area contributed by atoms with E-state index in [2.05, 4.69) is 0 Å². The smallest absolute Gasteiger partial charge is 0.307 e. The molecule has 0 rings (SSSR count). The van der Waals surface area contributed by atoms with Gasteiger partial charge in [-0.3, -0.25) is 9.59 Å². The Balaban J connectivity index is 3.17. The van der Waals surface area contributed by atoms with Gasteiger partial charge < -0.3 is 10.2 Å². The zero-order valence-electron chi connectivity index (χ0n) is 8.11. The summed E-state index contributed by atoms with van der Waals surface area (Å²) in [7, 11) is 0. The fraction of sp³-hybridized carbons (Fsp3) is 0.600. The van der Waals surface area contributed by atoms with Gasteiger partial charge in [0, 0.05) is 6.42 Å². The zero-order valence-corrected chi connectivity index (χ0v) is 8.11. The highest BCUT2D eigenvalue weighted by Gasteiger charge is 1.95. The Morgan fingerprint density at radius 3 is 2.21 bits per heavy atom. The number of unbranched alkanes of at least 4 members (excludes halogenated alkanes) is 3. The Morgan fingerprint density at radius 2 is 1.64 bits per heavy atom. The molecule has 0 aromatic heterocycles. The predicted octanol–water partition coefficient (Wildman–Crippen LogP) is 2.05. The van der Waals surface area contributed by atoms with Crippen LogP contribution in [0.3, 0.4) is 0 Å². The van der Waals surface area contributed by atoms with Crippen molar-refractivity contribution in [3.63, 3.8) is 0 Å². The zero-order chi connectivity index (χ0) is 10.8. The first kappa shape index (κ1) is 12.7. The molecule has 4 heteroatoms. The maximum atomic E-state index is 10.1. The fourth-order valence-corrected chi connectivity index (χ4v) is 1.02. The van der Waals surface area contributed by atoms with Crippen molar-refractivity contribution in [1.82, 2.24) is 0 Å². The molecule has 4 nitrogen and oxygen atoms in total. The third-order valence-electron chi connectivity index (χ3n) is 1.72. The predicted molar refractivity (Wildman–Crippen MR) is 52.1 cm³/mol. The average Bonchev–Trinajstić information content (AvgIpc) is 2.08. The van der Waals surface area contributed by atoms with Crippen LogP contribution in [-0.2, 0) is 9.59 Å². The third-order valence-corrected chi connectivity index (χ3v) is 1.72. The van der Waals surface area contributed by atoms with Gasteiger partial charge in [0.1, 0.15) is 0 Å². The normalized spacial score (nSPS) is 10.6.